The number of halogens is 1. The molecule has 1 N–H and O–H groups in total. The van der Waals surface area contributed by atoms with Gasteiger partial charge in [0.1, 0.15) is 4.66 Å². The molecule has 6 heteroatoms. The lowest BCUT2D eigenvalue weighted by atomic mass is 10.1. The molecule has 1 aromatic rings. The molecule has 0 saturated carbocycles. The van der Waals surface area contributed by atoms with Crippen molar-refractivity contribution in [1.29, 1.82) is 0 Å². The quantitative estimate of drug-likeness (QED) is 0.802. The van der Waals surface area contributed by atoms with Crippen molar-refractivity contribution < 1.29 is 8.42 Å². The topological polar surface area (TPSA) is 49.4 Å². The fraction of sp³-hybridized carbons (Fsp3) is 0.538. The van der Waals surface area contributed by atoms with Gasteiger partial charge in [0.2, 0.25) is 10.0 Å². The van der Waals surface area contributed by atoms with Gasteiger partial charge < -0.3 is 0 Å². The zero-order chi connectivity index (χ0) is 13.7. The number of likely N-dealkylation sites (tertiary alicyclic amines) is 1. The Morgan fingerprint density at radius 2 is 1.84 bits per heavy atom. The molecule has 1 saturated heterocycles. The fourth-order valence-electron chi connectivity index (χ4n) is 2.43. The predicted octanol–water partition coefficient (Wildman–Crippen LogP) is 2.10. The van der Waals surface area contributed by atoms with E-state index in [-0.39, 0.29) is 10.7 Å². The number of nitrogens with one attached hydrogen (secondary N) is 1. The third-order valence-corrected chi connectivity index (χ3v) is 6.11. The minimum atomic E-state index is -3.21. The van der Waals surface area contributed by atoms with E-state index in [0.717, 1.165) is 13.1 Å². The van der Waals surface area contributed by atoms with Crippen LogP contribution in [0.4, 0.5) is 0 Å². The van der Waals surface area contributed by atoms with Gasteiger partial charge in [0.05, 0.1) is 0 Å². The molecule has 0 aromatic heterocycles. The Kier molecular flexibility index (Phi) is 5.38. The summed E-state index contributed by atoms with van der Waals surface area (Å²) in [4.78, 5) is 2.35. The Hall–Kier alpha value is -0.430. The van der Waals surface area contributed by atoms with Crippen molar-refractivity contribution in [2.45, 2.75) is 18.9 Å². The summed E-state index contributed by atoms with van der Waals surface area (Å²) in [6.45, 7) is 2.50. The lowest BCUT2D eigenvalue weighted by molar-refractivity contribution is 0.246. The molecule has 1 atom stereocenters. The zero-order valence-corrected chi connectivity index (χ0v) is 13.2. The molecule has 19 heavy (non-hydrogen) atoms. The molecule has 2 rings (SSSR count). The monoisotopic (exact) mass is 346 g/mol. The zero-order valence-electron chi connectivity index (χ0n) is 10.8. The minimum Gasteiger partial charge on any atom is -0.295 e. The Morgan fingerprint density at radius 3 is 2.42 bits per heavy atom. The first-order chi connectivity index (χ1) is 9.12. The first kappa shape index (κ1) is 15.0. The van der Waals surface area contributed by atoms with E-state index < -0.39 is 10.0 Å². The fourth-order valence-corrected chi connectivity index (χ4v) is 3.41. The number of benzene rings is 1. The second-order valence-electron chi connectivity index (χ2n) is 4.74. The average molecular weight is 347 g/mol. The third-order valence-electron chi connectivity index (χ3n) is 3.41. The van der Waals surface area contributed by atoms with Gasteiger partial charge in [-0.3, -0.25) is 4.90 Å². The van der Waals surface area contributed by atoms with Gasteiger partial charge >= 0.3 is 0 Å². The van der Waals surface area contributed by atoms with Gasteiger partial charge in [-0.05, 0) is 31.5 Å². The van der Waals surface area contributed by atoms with E-state index >= 15 is 0 Å². The van der Waals surface area contributed by atoms with Crippen molar-refractivity contribution >= 4 is 26.0 Å². The van der Waals surface area contributed by atoms with Crippen LogP contribution in [0, 0.1) is 0 Å². The van der Waals surface area contributed by atoms with Gasteiger partial charge in [0.15, 0.2) is 0 Å². The minimum absolute atomic E-state index is 0.0541. The molecular formula is C13H19BrN2O2S. The molecule has 0 aliphatic carbocycles. The number of nitrogens with zero attached hydrogens (tertiary/aromatic N) is 1. The maximum atomic E-state index is 11.6. The molecule has 0 amide bonds. The van der Waals surface area contributed by atoms with Crippen molar-refractivity contribution in [3.8, 4) is 0 Å². The van der Waals surface area contributed by atoms with Crippen LogP contribution < -0.4 is 4.72 Å². The molecule has 4 nitrogen and oxygen atoms in total. The molecule has 0 bridgehead atoms. The summed E-state index contributed by atoms with van der Waals surface area (Å²) in [5.74, 6) is 0. The number of rotatable bonds is 6. The molecule has 1 aliphatic heterocycles. The van der Waals surface area contributed by atoms with Gasteiger partial charge in [-0.1, -0.05) is 46.3 Å². The van der Waals surface area contributed by atoms with E-state index in [9.17, 15) is 8.42 Å². The maximum Gasteiger partial charge on any atom is 0.221 e. The molecule has 0 radical (unpaired) electrons. The highest BCUT2D eigenvalue weighted by molar-refractivity contribution is 9.10. The molecule has 1 unspecified atom stereocenters. The normalized spacial score (nSPS) is 18.6. The molecule has 0 spiro atoms. The van der Waals surface area contributed by atoms with Crippen LogP contribution in [0.5, 0.6) is 0 Å². The number of sulfonamides is 1. The SMILES string of the molecule is O=S(=O)(CBr)NCC(c1ccccc1)N1CCCC1. The summed E-state index contributed by atoms with van der Waals surface area (Å²) in [5.41, 5.74) is 1.17. The summed E-state index contributed by atoms with van der Waals surface area (Å²) < 4.78 is 25.8. The van der Waals surface area contributed by atoms with Crippen LogP contribution in [0.2, 0.25) is 0 Å². The van der Waals surface area contributed by atoms with Crippen LogP contribution in [0.3, 0.4) is 0 Å². The van der Waals surface area contributed by atoms with E-state index in [1.807, 2.05) is 18.2 Å². The lowest BCUT2D eigenvalue weighted by Crippen LogP contribution is -2.37. The Morgan fingerprint density at radius 1 is 1.21 bits per heavy atom. The molecule has 1 fully saturated rings. The van der Waals surface area contributed by atoms with E-state index in [1.165, 1.54) is 18.4 Å². The average Bonchev–Trinajstić information content (AvgIpc) is 2.94. The van der Waals surface area contributed by atoms with Gasteiger partial charge in [0.25, 0.3) is 0 Å². The van der Waals surface area contributed by atoms with Crippen molar-refractivity contribution in [3.63, 3.8) is 0 Å². The smallest absolute Gasteiger partial charge is 0.221 e. The van der Waals surface area contributed by atoms with Crippen LogP contribution in [0.25, 0.3) is 0 Å². The molecular weight excluding hydrogens is 328 g/mol. The second kappa shape index (κ2) is 6.83. The molecule has 1 aromatic carbocycles. The summed E-state index contributed by atoms with van der Waals surface area (Å²) in [5, 5.41) is 0. The standard InChI is InChI=1S/C13H19BrN2O2S/c14-11-19(17,18)15-10-13(16-8-4-5-9-16)12-6-2-1-3-7-12/h1-3,6-7,13,15H,4-5,8-11H2. The van der Waals surface area contributed by atoms with Crippen molar-refractivity contribution in [1.82, 2.24) is 9.62 Å². The van der Waals surface area contributed by atoms with Gasteiger partial charge in [0, 0.05) is 12.6 Å². The highest BCUT2D eigenvalue weighted by Crippen LogP contribution is 2.24. The first-order valence-electron chi connectivity index (χ1n) is 6.45. The lowest BCUT2D eigenvalue weighted by Gasteiger charge is -2.28. The largest absolute Gasteiger partial charge is 0.295 e. The van der Waals surface area contributed by atoms with Crippen LogP contribution in [-0.2, 0) is 10.0 Å². The van der Waals surface area contributed by atoms with Crippen LogP contribution in [0.1, 0.15) is 24.4 Å². The predicted molar refractivity (Wildman–Crippen MR) is 80.7 cm³/mol. The van der Waals surface area contributed by atoms with E-state index in [2.05, 4.69) is 37.7 Å². The third kappa shape index (κ3) is 4.27. The number of hydrogen-bond acceptors (Lipinski definition) is 3. The number of hydrogen-bond donors (Lipinski definition) is 1. The first-order valence-corrected chi connectivity index (χ1v) is 9.22. The summed E-state index contributed by atoms with van der Waals surface area (Å²) in [6, 6.07) is 10.2. The second-order valence-corrected chi connectivity index (χ2v) is 7.85. The van der Waals surface area contributed by atoms with Crippen LogP contribution in [-0.4, -0.2) is 37.6 Å². The number of alkyl halides is 1. The van der Waals surface area contributed by atoms with Crippen molar-refractivity contribution in [2.24, 2.45) is 0 Å². The van der Waals surface area contributed by atoms with Crippen LogP contribution in [0.15, 0.2) is 30.3 Å². The Bertz CT molecular complexity index is 487. The Balaban J connectivity index is 2.11. The van der Waals surface area contributed by atoms with Gasteiger partial charge in [-0.15, -0.1) is 0 Å². The van der Waals surface area contributed by atoms with E-state index in [1.54, 1.807) is 0 Å². The van der Waals surface area contributed by atoms with Crippen molar-refractivity contribution in [2.75, 3.05) is 24.3 Å². The highest BCUT2D eigenvalue weighted by atomic mass is 79.9. The van der Waals surface area contributed by atoms with E-state index in [0.29, 0.717) is 6.54 Å². The molecule has 1 aliphatic rings. The van der Waals surface area contributed by atoms with Crippen LogP contribution >= 0.6 is 15.9 Å². The summed E-state index contributed by atoms with van der Waals surface area (Å²) in [7, 11) is -3.21. The summed E-state index contributed by atoms with van der Waals surface area (Å²) >= 11 is 3.00. The maximum absolute atomic E-state index is 11.6. The summed E-state index contributed by atoms with van der Waals surface area (Å²) in [6.07, 6.45) is 2.38. The highest BCUT2D eigenvalue weighted by Gasteiger charge is 2.24. The molecule has 1 heterocycles. The van der Waals surface area contributed by atoms with Gasteiger partial charge in [-0.2, -0.15) is 0 Å². The molecule has 106 valence electrons. The van der Waals surface area contributed by atoms with Gasteiger partial charge in [-0.25, -0.2) is 13.1 Å². The Labute approximate surface area is 123 Å². The van der Waals surface area contributed by atoms with Crippen molar-refractivity contribution in [3.05, 3.63) is 35.9 Å². The van der Waals surface area contributed by atoms with E-state index in [4.69, 9.17) is 0 Å².